The molecule has 3 nitrogen and oxygen atoms in total. The van der Waals surface area contributed by atoms with E-state index >= 15 is 0 Å². The predicted octanol–water partition coefficient (Wildman–Crippen LogP) is 1.74. The maximum Gasteiger partial charge on any atom is 0.451 e. The molecule has 0 fully saturated rings. The molecule has 1 aromatic carbocycles. The van der Waals surface area contributed by atoms with Crippen LogP contribution >= 0.6 is 0 Å². The van der Waals surface area contributed by atoms with Gasteiger partial charge in [0.25, 0.3) is 5.78 Å². The molecule has 1 aromatic rings. The Morgan fingerprint density at radius 1 is 1.24 bits per heavy atom. The molecule has 0 aliphatic heterocycles. The monoisotopic (exact) mass is 249 g/mol. The van der Waals surface area contributed by atoms with Gasteiger partial charge in [-0.25, -0.2) is 4.39 Å². The van der Waals surface area contributed by atoms with E-state index in [4.69, 9.17) is 5.26 Å². The van der Waals surface area contributed by atoms with Crippen LogP contribution in [0.4, 0.5) is 17.6 Å². The molecule has 0 amide bonds. The second kappa shape index (κ2) is 5.41. The molecule has 0 saturated heterocycles. The zero-order valence-electron chi connectivity index (χ0n) is 8.25. The Balaban J connectivity index is 0.00000256. The number of carbonyl (C=O) groups is 1. The lowest BCUT2D eigenvalue weighted by Crippen LogP contribution is -2.28. The first kappa shape index (κ1) is 15.1. The van der Waals surface area contributed by atoms with Crippen LogP contribution in [0, 0.1) is 17.1 Å². The van der Waals surface area contributed by atoms with Gasteiger partial charge in [-0.2, -0.15) is 18.4 Å². The van der Waals surface area contributed by atoms with E-state index in [-0.39, 0.29) is 11.0 Å². The Hall–Kier alpha value is -1.94. The van der Waals surface area contributed by atoms with Crippen molar-refractivity contribution in [1.29, 1.82) is 5.26 Å². The van der Waals surface area contributed by atoms with Crippen LogP contribution in [-0.2, 0) is 4.79 Å². The van der Waals surface area contributed by atoms with E-state index in [2.05, 4.69) is 0 Å². The van der Waals surface area contributed by atoms with E-state index in [9.17, 15) is 22.4 Å². The summed E-state index contributed by atoms with van der Waals surface area (Å²) in [5.74, 6) is -4.75. The summed E-state index contributed by atoms with van der Waals surface area (Å²) >= 11 is 0. The predicted molar refractivity (Wildman–Crippen MR) is 49.4 cm³/mol. The molecule has 92 valence electrons. The number of rotatable bonds is 2. The third kappa shape index (κ3) is 3.53. The van der Waals surface area contributed by atoms with Gasteiger partial charge in [0, 0.05) is 0 Å². The summed E-state index contributed by atoms with van der Waals surface area (Å²) in [6.45, 7) is 0. The fourth-order valence-corrected chi connectivity index (χ4v) is 1.10. The molecule has 0 aliphatic carbocycles. The van der Waals surface area contributed by atoms with Gasteiger partial charge in [-0.3, -0.25) is 4.79 Å². The summed E-state index contributed by atoms with van der Waals surface area (Å²) in [5, 5.41) is 8.52. The van der Waals surface area contributed by atoms with Crippen LogP contribution in [0.5, 0.6) is 0 Å². The van der Waals surface area contributed by atoms with Crippen molar-refractivity contribution >= 4 is 5.78 Å². The summed E-state index contributed by atoms with van der Waals surface area (Å²) in [6, 6.07) is 4.99. The van der Waals surface area contributed by atoms with Gasteiger partial charge in [0.15, 0.2) is 0 Å². The maximum absolute atomic E-state index is 12.5. The number of nitriles is 1. The third-order valence-electron chi connectivity index (χ3n) is 1.87. The highest BCUT2D eigenvalue weighted by atomic mass is 19.4. The molecule has 2 N–H and O–H groups in total. The Labute approximate surface area is 93.6 Å². The molecular formula is C10H7F4NO2. The molecule has 0 aliphatic rings. The molecule has 1 unspecified atom stereocenters. The highest BCUT2D eigenvalue weighted by Crippen LogP contribution is 2.27. The van der Waals surface area contributed by atoms with Crippen LogP contribution in [0.15, 0.2) is 24.3 Å². The maximum atomic E-state index is 12.5. The van der Waals surface area contributed by atoms with Gasteiger partial charge in [0.1, 0.15) is 11.7 Å². The standard InChI is InChI=1S/C10H5F4NO.H2O/c11-7-3-1-6(2-4-7)8(5-15)9(16)10(12,13)14;/h1-4,8H;1H2. The largest absolute Gasteiger partial charge is 0.451 e. The van der Waals surface area contributed by atoms with Crippen molar-refractivity contribution in [2.24, 2.45) is 0 Å². The highest BCUT2D eigenvalue weighted by molar-refractivity contribution is 5.92. The number of carbonyl (C=O) groups excluding carboxylic acids is 1. The summed E-state index contributed by atoms with van der Waals surface area (Å²) in [7, 11) is 0. The molecule has 0 bridgehead atoms. The first-order chi connectivity index (χ1) is 7.36. The van der Waals surface area contributed by atoms with Gasteiger partial charge in [-0.1, -0.05) is 12.1 Å². The SMILES string of the molecule is N#CC(C(=O)C(F)(F)F)c1ccc(F)cc1.O. The number of hydrogen-bond acceptors (Lipinski definition) is 2. The molecule has 1 atom stereocenters. The number of Topliss-reactive ketones (excluding diaryl/α,β-unsaturated/α-hetero) is 1. The van der Waals surface area contributed by atoms with E-state index in [0.29, 0.717) is 0 Å². The Kier molecular flexibility index (Phi) is 4.79. The van der Waals surface area contributed by atoms with E-state index in [1.807, 2.05) is 0 Å². The Bertz CT molecular complexity index is 433. The van der Waals surface area contributed by atoms with Crippen LogP contribution in [-0.4, -0.2) is 17.4 Å². The van der Waals surface area contributed by atoms with Crippen molar-refractivity contribution in [3.8, 4) is 6.07 Å². The highest BCUT2D eigenvalue weighted by Gasteiger charge is 2.44. The van der Waals surface area contributed by atoms with Gasteiger partial charge >= 0.3 is 6.18 Å². The van der Waals surface area contributed by atoms with Gasteiger partial charge in [-0.05, 0) is 17.7 Å². The van der Waals surface area contributed by atoms with E-state index < -0.39 is 23.7 Å². The molecule has 17 heavy (non-hydrogen) atoms. The Morgan fingerprint density at radius 3 is 2.06 bits per heavy atom. The number of nitrogens with zero attached hydrogens (tertiary/aromatic N) is 1. The van der Waals surface area contributed by atoms with Crippen LogP contribution in [0.25, 0.3) is 0 Å². The van der Waals surface area contributed by atoms with E-state index in [1.165, 1.54) is 6.07 Å². The molecule has 0 heterocycles. The third-order valence-corrected chi connectivity index (χ3v) is 1.87. The quantitative estimate of drug-likeness (QED) is 0.749. The second-order valence-electron chi connectivity index (χ2n) is 2.98. The lowest BCUT2D eigenvalue weighted by molar-refractivity contribution is -0.171. The van der Waals surface area contributed by atoms with E-state index in [1.54, 1.807) is 0 Å². The van der Waals surface area contributed by atoms with Gasteiger partial charge in [0.05, 0.1) is 6.07 Å². The topological polar surface area (TPSA) is 72.4 Å². The van der Waals surface area contributed by atoms with Crippen molar-refractivity contribution < 1.29 is 27.8 Å². The number of hydrogen-bond donors (Lipinski definition) is 0. The second-order valence-corrected chi connectivity index (χ2v) is 2.98. The lowest BCUT2D eigenvalue weighted by Gasteiger charge is -2.10. The minimum absolute atomic E-state index is 0. The average Bonchev–Trinajstić information content (AvgIpc) is 2.20. The smallest absolute Gasteiger partial charge is 0.412 e. The number of halogens is 4. The molecule has 0 radical (unpaired) electrons. The van der Waals surface area contributed by atoms with Crippen molar-refractivity contribution in [3.05, 3.63) is 35.6 Å². The van der Waals surface area contributed by atoms with Gasteiger partial charge in [-0.15, -0.1) is 0 Å². The molecule has 0 spiro atoms. The number of ketones is 1. The molecule has 0 saturated carbocycles. The average molecular weight is 249 g/mol. The summed E-state index contributed by atoms with van der Waals surface area (Å²) in [4.78, 5) is 10.8. The molecule has 1 rings (SSSR count). The fraction of sp³-hybridized carbons (Fsp3) is 0.200. The minimum atomic E-state index is -5.07. The first-order valence-corrected chi connectivity index (χ1v) is 4.12. The summed E-state index contributed by atoms with van der Waals surface area (Å²) in [5.41, 5.74) is -0.175. The van der Waals surface area contributed by atoms with Crippen LogP contribution in [0.2, 0.25) is 0 Å². The molecule has 7 heteroatoms. The van der Waals surface area contributed by atoms with Gasteiger partial charge < -0.3 is 5.48 Å². The minimum Gasteiger partial charge on any atom is -0.412 e. The number of benzene rings is 1. The van der Waals surface area contributed by atoms with Crippen molar-refractivity contribution in [1.82, 2.24) is 0 Å². The van der Waals surface area contributed by atoms with Gasteiger partial charge in [0.2, 0.25) is 0 Å². The number of alkyl halides is 3. The summed E-state index contributed by atoms with van der Waals surface area (Å²) < 4.78 is 48.7. The zero-order valence-corrected chi connectivity index (χ0v) is 8.25. The first-order valence-electron chi connectivity index (χ1n) is 4.12. The summed E-state index contributed by atoms with van der Waals surface area (Å²) in [6.07, 6.45) is -5.07. The van der Waals surface area contributed by atoms with Crippen molar-refractivity contribution in [2.45, 2.75) is 12.1 Å². The van der Waals surface area contributed by atoms with Crippen molar-refractivity contribution in [3.63, 3.8) is 0 Å². The zero-order chi connectivity index (χ0) is 12.3. The normalized spacial score (nSPS) is 12.2. The Morgan fingerprint density at radius 2 is 1.71 bits per heavy atom. The van der Waals surface area contributed by atoms with Crippen LogP contribution in [0.1, 0.15) is 11.5 Å². The van der Waals surface area contributed by atoms with Crippen molar-refractivity contribution in [2.75, 3.05) is 0 Å². The molecule has 0 aromatic heterocycles. The van der Waals surface area contributed by atoms with Crippen LogP contribution < -0.4 is 0 Å². The lowest BCUT2D eigenvalue weighted by atomic mass is 9.96. The van der Waals surface area contributed by atoms with Crippen LogP contribution in [0.3, 0.4) is 0 Å². The van der Waals surface area contributed by atoms with E-state index in [0.717, 1.165) is 24.3 Å². The molecular weight excluding hydrogens is 242 g/mol. The fourth-order valence-electron chi connectivity index (χ4n) is 1.10.